The van der Waals surface area contributed by atoms with Gasteiger partial charge in [0.15, 0.2) is 5.82 Å². The molecule has 0 amide bonds. The zero-order valence-electron chi connectivity index (χ0n) is 27.6. The number of rotatable bonds is 5. The first kappa shape index (κ1) is 29.1. The highest BCUT2D eigenvalue weighted by atomic mass is 16.3. The lowest BCUT2D eigenvalue weighted by Gasteiger charge is -2.11. The Morgan fingerprint density at radius 2 is 0.902 bits per heavy atom. The smallest absolute Gasteiger partial charge is 0.160 e. The number of fused-ring (bicyclic) bond motifs is 6. The Labute approximate surface area is 295 Å². The van der Waals surface area contributed by atoms with E-state index in [4.69, 9.17) is 14.4 Å². The summed E-state index contributed by atoms with van der Waals surface area (Å²) in [6, 6.07) is 63.9. The molecule has 0 aliphatic heterocycles. The van der Waals surface area contributed by atoms with Crippen molar-refractivity contribution in [3.05, 3.63) is 182 Å². The van der Waals surface area contributed by atoms with Crippen LogP contribution in [0.4, 0.5) is 0 Å². The molecule has 2 aromatic heterocycles. The number of furan rings is 1. The first-order chi connectivity index (χ1) is 25.2. The van der Waals surface area contributed by atoms with Gasteiger partial charge in [0, 0.05) is 32.7 Å². The molecule has 0 radical (unpaired) electrons. The minimum absolute atomic E-state index is 0.708. The Kier molecular flexibility index (Phi) is 6.81. The highest BCUT2D eigenvalue weighted by Gasteiger charge is 2.14. The summed E-state index contributed by atoms with van der Waals surface area (Å²) in [7, 11) is 0. The van der Waals surface area contributed by atoms with Crippen molar-refractivity contribution in [3.8, 4) is 56.0 Å². The molecule has 10 rings (SSSR count). The van der Waals surface area contributed by atoms with Gasteiger partial charge >= 0.3 is 0 Å². The average Bonchev–Trinajstić information content (AvgIpc) is 3.60. The van der Waals surface area contributed by atoms with Crippen molar-refractivity contribution in [1.29, 1.82) is 0 Å². The van der Waals surface area contributed by atoms with Crippen LogP contribution in [0.1, 0.15) is 0 Å². The summed E-state index contributed by atoms with van der Waals surface area (Å²) in [4.78, 5) is 10.2. The van der Waals surface area contributed by atoms with Crippen LogP contribution in [-0.2, 0) is 0 Å². The van der Waals surface area contributed by atoms with Crippen LogP contribution in [0.25, 0.3) is 99.6 Å². The number of nitrogens with zero attached hydrogens (tertiary/aromatic N) is 2. The average molecular weight is 651 g/mol. The second-order valence-electron chi connectivity index (χ2n) is 13.0. The SMILES string of the molecule is c1ccc(-c2ccc(-c3cccc(-c4nc(-c5ccc(-c6ccc7ccc8c9ccccc9oc8c7c6)cc5)c5ccccc5n4)c3)cc2)cc1. The largest absolute Gasteiger partial charge is 0.455 e. The molecular formula is C48H30N2O. The first-order valence-corrected chi connectivity index (χ1v) is 17.2. The first-order valence-electron chi connectivity index (χ1n) is 17.2. The summed E-state index contributed by atoms with van der Waals surface area (Å²) in [5.74, 6) is 0.708. The third-order valence-corrected chi connectivity index (χ3v) is 9.90. The molecule has 0 saturated heterocycles. The predicted molar refractivity (Wildman–Crippen MR) is 212 cm³/mol. The van der Waals surface area contributed by atoms with Crippen molar-refractivity contribution in [2.45, 2.75) is 0 Å². The van der Waals surface area contributed by atoms with Crippen LogP contribution in [0, 0.1) is 0 Å². The summed E-state index contributed by atoms with van der Waals surface area (Å²) in [6.45, 7) is 0. The third-order valence-electron chi connectivity index (χ3n) is 9.90. The van der Waals surface area contributed by atoms with E-state index in [0.717, 1.165) is 82.7 Å². The van der Waals surface area contributed by atoms with Crippen molar-refractivity contribution in [3.63, 3.8) is 0 Å². The van der Waals surface area contributed by atoms with Crippen LogP contribution >= 0.6 is 0 Å². The fraction of sp³-hybridized carbons (Fsp3) is 0. The topological polar surface area (TPSA) is 38.9 Å². The van der Waals surface area contributed by atoms with Crippen molar-refractivity contribution in [2.24, 2.45) is 0 Å². The molecule has 10 aromatic rings. The third kappa shape index (κ3) is 5.15. The van der Waals surface area contributed by atoms with Gasteiger partial charge in [-0.2, -0.15) is 0 Å². The minimum atomic E-state index is 0.708. The molecule has 0 atom stereocenters. The molecule has 0 N–H and O–H groups in total. The van der Waals surface area contributed by atoms with Gasteiger partial charge in [0.2, 0.25) is 0 Å². The molecule has 0 fully saturated rings. The van der Waals surface area contributed by atoms with Crippen LogP contribution in [0.2, 0.25) is 0 Å². The number of hydrogen-bond acceptors (Lipinski definition) is 3. The van der Waals surface area contributed by atoms with E-state index in [-0.39, 0.29) is 0 Å². The normalized spacial score (nSPS) is 11.5. The lowest BCUT2D eigenvalue weighted by atomic mass is 9.97. The number of para-hydroxylation sites is 2. The Hall–Kier alpha value is -6.84. The van der Waals surface area contributed by atoms with E-state index in [1.54, 1.807) is 0 Å². The van der Waals surface area contributed by atoms with Crippen LogP contribution in [0.15, 0.2) is 186 Å². The van der Waals surface area contributed by atoms with Crippen molar-refractivity contribution >= 4 is 43.6 Å². The van der Waals surface area contributed by atoms with Crippen molar-refractivity contribution < 1.29 is 4.42 Å². The summed E-state index contributed by atoms with van der Waals surface area (Å²) >= 11 is 0. The lowest BCUT2D eigenvalue weighted by molar-refractivity contribution is 0.672. The van der Waals surface area contributed by atoms with Crippen LogP contribution < -0.4 is 0 Å². The Morgan fingerprint density at radius 3 is 1.71 bits per heavy atom. The van der Waals surface area contributed by atoms with Crippen LogP contribution in [0.3, 0.4) is 0 Å². The standard InChI is InChI=1S/C48H30N2O/c1-2-9-31(10-3-1)32-17-19-33(20-18-32)37-11-8-12-39(29-37)48-49-44-15-6-4-14-42(44)46(50-48)36-24-21-34(22-25-36)38-26-23-35-27-28-41-40-13-5-7-16-45(40)51-47(41)43(35)30-38/h1-30H. The highest BCUT2D eigenvalue weighted by molar-refractivity contribution is 6.15. The van der Waals surface area contributed by atoms with Crippen LogP contribution in [0.5, 0.6) is 0 Å². The second-order valence-corrected chi connectivity index (χ2v) is 13.0. The molecule has 3 heteroatoms. The molecule has 8 aromatic carbocycles. The van der Waals surface area contributed by atoms with E-state index in [0.29, 0.717) is 5.82 Å². The van der Waals surface area contributed by atoms with E-state index in [9.17, 15) is 0 Å². The maximum absolute atomic E-state index is 6.36. The van der Waals surface area contributed by atoms with Gasteiger partial charge in [-0.1, -0.05) is 152 Å². The molecule has 3 nitrogen and oxygen atoms in total. The van der Waals surface area contributed by atoms with Gasteiger partial charge in [0.1, 0.15) is 11.2 Å². The molecule has 0 bridgehead atoms. The lowest BCUT2D eigenvalue weighted by Crippen LogP contribution is -1.95. The van der Waals surface area contributed by atoms with E-state index in [1.165, 1.54) is 11.1 Å². The minimum Gasteiger partial charge on any atom is -0.455 e. The molecule has 51 heavy (non-hydrogen) atoms. The zero-order valence-corrected chi connectivity index (χ0v) is 27.6. The summed E-state index contributed by atoms with van der Waals surface area (Å²) < 4.78 is 6.36. The highest BCUT2D eigenvalue weighted by Crippen LogP contribution is 2.37. The van der Waals surface area contributed by atoms with Gasteiger partial charge in [0.05, 0.1) is 11.2 Å². The molecular weight excluding hydrogens is 621 g/mol. The zero-order chi connectivity index (χ0) is 33.7. The fourth-order valence-corrected chi connectivity index (χ4v) is 7.25. The molecule has 0 aliphatic carbocycles. The maximum atomic E-state index is 6.36. The Bertz CT molecular complexity index is 2890. The van der Waals surface area contributed by atoms with E-state index >= 15 is 0 Å². The Balaban J connectivity index is 1.01. The van der Waals surface area contributed by atoms with E-state index in [1.807, 2.05) is 24.3 Å². The summed E-state index contributed by atoms with van der Waals surface area (Å²) in [6.07, 6.45) is 0. The molecule has 2 heterocycles. The second kappa shape index (κ2) is 11.9. The number of benzene rings is 8. The van der Waals surface area contributed by atoms with Crippen molar-refractivity contribution in [2.75, 3.05) is 0 Å². The summed E-state index contributed by atoms with van der Waals surface area (Å²) in [5, 5.41) is 5.59. The van der Waals surface area contributed by atoms with Gasteiger partial charge in [0.25, 0.3) is 0 Å². The molecule has 0 aliphatic rings. The predicted octanol–water partition coefficient (Wildman–Crippen LogP) is 13.0. The van der Waals surface area contributed by atoms with Gasteiger partial charge in [-0.25, -0.2) is 9.97 Å². The quantitative estimate of drug-likeness (QED) is 0.186. The molecule has 238 valence electrons. The van der Waals surface area contributed by atoms with Gasteiger partial charge in [-0.05, 0) is 69.1 Å². The monoisotopic (exact) mass is 650 g/mol. The van der Waals surface area contributed by atoms with Crippen LogP contribution in [-0.4, -0.2) is 9.97 Å². The van der Waals surface area contributed by atoms with Gasteiger partial charge < -0.3 is 4.42 Å². The maximum Gasteiger partial charge on any atom is 0.160 e. The number of aromatic nitrogens is 2. The molecule has 0 saturated carbocycles. The van der Waals surface area contributed by atoms with Crippen molar-refractivity contribution in [1.82, 2.24) is 9.97 Å². The fourth-order valence-electron chi connectivity index (χ4n) is 7.25. The van der Waals surface area contributed by atoms with Gasteiger partial charge in [-0.3, -0.25) is 0 Å². The van der Waals surface area contributed by atoms with Gasteiger partial charge in [-0.15, -0.1) is 0 Å². The summed E-state index contributed by atoms with van der Waals surface area (Å²) in [5.41, 5.74) is 12.7. The van der Waals surface area contributed by atoms with E-state index < -0.39 is 0 Å². The Morgan fingerprint density at radius 1 is 0.333 bits per heavy atom. The molecule has 0 unspecified atom stereocenters. The van der Waals surface area contributed by atoms with E-state index in [2.05, 4.69) is 158 Å². The number of hydrogen-bond donors (Lipinski definition) is 0. The molecule has 0 spiro atoms.